The SMILES string of the molecule is COCCC1Cc2cc(Cl)c3c(Cl)c[nH]c3c2NS1(=O)=O. The number of H-pyrrole nitrogens is 1. The number of rotatable bonds is 3. The Morgan fingerprint density at radius 1 is 1.38 bits per heavy atom. The molecule has 1 unspecified atom stereocenters. The number of fused-ring (bicyclic) bond motifs is 3. The van der Waals surface area contributed by atoms with Crippen LogP contribution in [0, 0.1) is 0 Å². The maximum atomic E-state index is 12.3. The van der Waals surface area contributed by atoms with Crippen molar-refractivity contribution >= 4 is 49.8 Å². The number of methoxy groups -OCH3 is 1. The topological polar surface area (TPSA) is 71.2 Å². The fourth-order valence-corrected chi connectivity index (χ4v) is 4.77. The van der Waals surface area contributed by atoms with Crippen LogP contribution in [0.1, 0.15) is 12.0 Å². The molecule has 0 aliphatic carbocycles. The number of nitrogens with one attached hydrogen (secondary N) is 2. The minimum Gasteiger partial charge on any atom is -0.385 e. The van der Waals surface area contributed by atoms with Gasteiger partial charge in [0.2, 0.25) is 10.0 Å². The van der Waals surface area contributed by atoms with Crippen LogP contribution < -0.4 is 4.72 Å². The van der Waals surface area contributed by atoms with E-state index >= 15 is 0 Å². The first-order valence-electron chi connectivity index (χ1n) is 6.42. The van der Waals surface area contributed by atoms with Crippen LogP contribution in [0.2, 0.25) is 10.0 Å². The number of benzene rings is 1. The van der Waals surface area contributed by atoms with E-state index in [2.05, 4.69) is 9.71 Å². The Morgan fingerprint density at radius 3 is 2.86 bits per heavy atom. The van der Waals surface area contributed by atoms with Gasteiger partial charge in [-0.15, -0.1) is 0 Å². The Morgan fingerprint density at radius 2 is 2.14 bits per heavy atom. The molecule has 0 fully saturated rings. The highest BCUT2D eigenvalue weighted by Gasteiger charge is 2.33. The molecule has 1 aliphatic rings. The summed E-state index contributed by atoms with van der Waals surface area (Å²) in [6, 6.07) is 1.78. The highest BCUT2D eigenvalue weighted by atomic mass is 35.5. The average Bonchev–Trinajstić information content (AvgIpc) is 2.80. The molecular formula is C13H14Cl2N2O3S. The summed E-state index contributed by atoms with van der Waals surface area (Å²) in [7, 11) is -1.89. The molecule has 0 spiro atoms. The number of halogens is 2. The normalized spacial score (nSPS) is 20.2. The van der Waals surface area contributed by atoms with Gasteiger partial charge in [-0.3, -0.25) is 4.72 Å². The summed E-state index contributed by atoms with van der Waals surface area (Å²) < 4.78 is 32.3. The van der Waals surface area contributed by atoms with Crippen molar-refractivity contribution in [3.05, 3.63) is 27.9 Å². The Labute approximate surface area is 132 Å². The quantitative estimate of drug-likeness (QED) is 0.894. The molecule has 0 bridgehead atoms. The van der Waals surface area contributed by atoms with Crippen molar-refractivity contribution in [2.24, 2.45) is 0 Å². The Bertz CT molecular complexity index is 801. The zero-order valence-electron chi connectivity index (χ0n) is 11.2. The molecule has 0 saturated carbocycles. The minimum absolute atomic E-state index is 0.394. The molecule has 2 aromatic rings. The third-order valence-corrected chi connectivity index (χ3v) is 6.08. The van der Waals surface area contributed by atoms with Crippen LogP contribution >= 0.6 is 23.2 Å². The van der Waals surface area contributed by atoms with Crippen molar-refractivity contribution in [3.8, 4) is 0 Å². The molecule has 1 aliphatic heterocycles. The molecule has 1 atom stereocenters. The van der Waals surface area contributed by atoms with E-state index in [9.17, 15) is 8.42 Å². The van der Waals surface area contributed by atoms with E-state index in [1.165, 1.54) is 0 Å². The lowest BCUT2D eigenvalue weighted by atomic mass is 10.0. The fraction of sp³-hybridized carbons (Fsp3) is 0.385. The van der Waals surface area contributed by atoms with Crippen LogP contribution in [0.15, 0.2) is 12.3 Å². The highest BCUT2D eigenvalue weighted by molar-refractivity contribution is 7.93. The highest BCUT2D eigenvalue weighted by Crippen LogP contribution is 2.40. The zero-order chi connectivity index (χ0) is 15.2. The molecule has 2 heterocycles. The van der Waals surface area contributed by atoms with Crippen LogP contribution in [-0.2, 0) is 21.2 Å². The Hall–Kier alpha value is -0.950. The second kappa shape index (κ2) is 5.35. The van der Waals surface area contributed by atoms with Crippen molar-refractivity contribution in [1.29, 1.82) is 0 Å². The third-order valence-electron chi connectivity index (χ3n) is 3.72. The predicted octanol–water partition coefficient (Wildman–Crippen LogP) is 3.18. The van der Waals surface area contributed by atoms with Gasteiger partial charge < -0.3 is 9.72 Å². The second-order valence-corrected chi connectivity index (χ2v) is 7.81. The minimum atomic E-state index is -3.44. The van der Waals surface area contributed by atoms with Crippen LogP contribution in [-0.4, -0.2) is 32.4 Å². The lowest BCUT2D eigenvalue weighted by molar-refractivity contribution is 0.193. The standard InChI is InChI=1S/C13H14Cl2N2O3S/c1-20-3-2-8-4-7-5-9(14)11-10(15)6-16-13(11)12(7)17-21(8,18)19/h5-6,8,16-17H,2-4H2,1H3. The van der Waals surface area contributed by atoms with Gasteiger partial charge in [-0.05, 0) is 24.5 Å². The van der Waals surface area contributed by atoms with Gasteiger partial charge in [0.05, 0.1) is 26.5 Å². The average molecular weight is 349 g/mol. The van der Waals surface area contributed by atoms with E-state index in [-0.39, 0.29) is 0 Å². The predicted molar refractivity (Wildman–Crippen MR) is 84.8 cm³/mol. The maximum Gasteiger partial charge on any atom is 0.236 e. The van der Waals surface area contributed by atoms with Gasteiger partial charge in [-0.25, -0.2) is 8.42 Å². The molecule has 0 amide bonds. The summed E-state index contributed by atoms with van der Waals surface area (Å²) in [5, 5.41) is 1.10. The van der Waals surface area contributed by atoms with E-state index in [0.29, 0.717) is 46.1 Å². The number of anilines is 1. The molecule has 3 rings (SSSR count). The number of hydrogen-bond acceptors (Lipinski definition) is 3. The summed E-state index contributed by atoms with van der Waals surface area (Å²) in [5.74, 6) is 0. The number of aromatic amines is 1. The van der Waals surface area contributed by atoms with Gasteiger partial charge in [0, 0.05) is 25.3 Å². The Kier molecular flexibility index (Phi) is 3.81. The maximum absolute atomic E-state index is 12.3. The van der Waals surface area contributed by atoms with Crippen LogP contribution in [0.4, 0.5) is 5.69 Å². The van der Waals surface area contributed by atoms with Gasteiger partial charge in [-0.1, -0.05) is 23.2 Å². The number of sulfonamides is 1. The summed E-state index contributed by atoms with van der Waals surface area (Å²) in [5.41, 5.74) is 2.02. The van der Waals surface area contributed by atoms with Gasteiger partial charge in [-0.2, -0.15) is 0 Å². The summed E-state index contributed by atoms with van der Waals surface area (Å²) in [6.07, 6.45) is 2.44. The van der Waals surface area contributed by atoms with Crippen molar-refractivity contribution in [3.63, 3.8) is 0 Å². The van der Waals surface area contributed by atoms with Crippen molar-refractivity contribution in [2.75, 3.05) is 18.4 Å². The summed E-state index contributed by atoms with van der Waals surface area (Å²) in [6.45, 7) is 0.394. The van der Waals surface area contributed by atoms with Gasteiger partial charge in [0.15, 0.2) is 0 Å². The van der Waals surface area contributed by atoms with Gasteiger partial charge in [0.25, 0.3) is 0 Å². The molecule has 1 aromatic heterocycles. The van der Waals surface area contributed by atoms with E-state index in [0.717, 1.165) is 5.56 Å². The number of ether oxygens (including phenoxy) is 1. The van der Waals surface area contributed by atoms with Crippen molar-refractivity contribution in [1.82, 2.24) is 4.98 Å². The van der Waals surface area contributed by atoms with Gasteiger partial charge >= 0.3 is 0 Å². The molecule has 1 aromatic carbocycles. The Balaban J connectivity index is 2.12. The van der Waals surface area contributed by atoms with Crippen LogP contribution in [0.3, 0.4) is 0 Å². The first-order valence-corrected chi connectivity index (χ1v) is 8.73. The van der Waals surface area contributed by atoms with Crippen LogP contribution in [0.5, 0.6) is 0 Å². The molecular weight excluding hydrogens is 335 g/mol. The molecule has 21 heavy (non-hydrogen) atoms. The first-order chi connectivity index (χ1) is 9.94. The molecule has 8 heteroatoms. The molecule has 114 valence electrons. The second-order valence-electron chi connectivity index (χ2n) is 5.03. The lowest BCUT2D eigenvalue weighted by Crippen LogP contribution is -2.35. The van der Waals surface area contributed by atoms with Crippen molar-refractivity contribution < 1.29 is 13.2 Å². The molecule has 2 N–H and O–H groups in total. The number of hydrogen-bond donors (Lipinski definition) is 2. The largest absolute Gasteiger partial charge is 0.385 e. The molecule has 5 nitrogen and oxygen atoms in total. The molecule has 0 saturated heterocycles. The fourth-order valence-electron chi connectivity index (χ4n) is 2.65. The van der Waals surface area contributed by atoms with Crippen molar-refractivity contribution in [2.45, 2.75) is 18.1 Å². The van der Waals surface area contributed by atoms with E-state index in [4.69, 9.17) is 27.9 Å². The lowest BCUT2D eigenvalue weighted by Gasteiger charge is -2.26. The zero-order valence-corrected chi connectivity index (χ0v) is 13.6. The smallest absolute Gasteiger partial charge is 0.236 e. The summed E-state index contributed by atoms with van der Waals surface area (Å²) in [4.78, 5) is 2.98. The van der Waals surface area contributed by atoms with Crippen LogP contribution in [0.25, 0.3) is 10.9 Å². The van der Waals surface area contributed by atoms with Gasteiger partial charge in [0.1, 0.15) is 0 Å². The first kappa shape index (κ1) is 15.0. The van der Waals surface area contributed by atoms with E-state index in [1.54, 1.807) is 19.4 Å². The monoisotopic (exact) mass is 348 g/mol. The summed E-state index contributed by atoms with van der Waals surface area (Å²) >= 11 is 12.3. The van der Waals surface area contributed by atoms with E-state index < -0.39 is 15.3 Å². The third kappa shape index (κ3) is 2.50. The van der Waals surface area contributed by atoms with E-state index in [1.807, 2.05) is 0 Å². The molecule has 0 radical (unpaired) electrons. The number of aromatic nitrogens is 1.